The molecular weight excluding hydrogens is 264 g/mol. The van der Waals surface area contributed by atoms with Crippen molar-refractivity contribution in [2.75, 3.05) is 0 Å². The first kappa shape index (κ1) is 15.2. The summed E-state index contributed by atoms with van der Waals surface area (Å²) in [4.78, 5) is 0. The second-order valence-corrected chi connectivity index (χ2v) is 6.45. The minimum Gasteiger partial charge on any atom is -0.143 e. The van der Waals surface area contributed by atoms with Crippen LogP contribution in [0.25, 0.3) is 10.6 Å². The number of unbranched alkanes of at least 4 members (excludes halogenated alkanes) is 5. The summed E-state index contributed by atoms with van der Waals surface area (Å²) in [5, 5.41) is 10.9. The number of rotatable bonds is 8. The quantitative estimate of drug-likeness (QED) is 0.606. The highest BCUT2D eigenvalue weighted by Crippen LogP contribution is 2.24. The van der Waals surface area contributed by atoms with Gasteiger partial charge in [-0.1, -0.05) is 80.2 Å². The van der Waals surface area contributed by atoms with Crippen LogP contribution >= 0.6 is 11.3 Å². The van der Waals surface area contributed by atoms with Gasteiger partial charge in [0.2, 0.25) is 0 Å². The number of hydrogen-bond acceptors (Lipinski definition) is 3. The third-order valence-electron chi connectivity index (χ3n) is 3.51. The minimum absolute atomic E-state index is 1.05. The Morgan fingerprint density at radius 2 is 1.60 bits per heavy atom. The van der Waals surface area contributed by atoms with E-state index in [1.807, 2.05) is 0 Å². The van der Waals surface area contributed by atoms with Gasteiger partial charge in [-0.15, -0.1) is 10.2 Å². The lowest BCUT2D eigenvalue weighted by atomic mass is 10.1. The molecule has 0 aliphatic heterocycles. The van der Waals surface area contributed by atoms with E-state index < -0.39 is 0 Å². The number of aromatic nitrogens is 2. The highest BCUT2D eigenvalue weighted by atomic mass is 32.1. The minimum atomic E-state index is 1.05. The molecule has 0 aliphatic rings. The third-order valence-corrected chi connectivity index (χ3v) is 4.54. The van der Waals surface area contributed by atoms with Crippen molar-refractivity contribution in [3.63, 3.8) is 0 Å². The van der Waals surface area contributed by atoms with Gasteiger partial charge in [-0.2, -0.15) is 0 Å². The van der Waals surface area contributed by atoms with Crippen LogP contribution in [0.4, 0.5) is 0 Å². The van der Waals surface area contributed by atoms with Gasteiger partial charge in [0.15, 0.2) is 0 Å². The molecule has 0 radical (unpaired) electrons. The summed E-state index contributed by atoms with van der Waals surface area (Å²) in [7, 11) is 0. The van der Waals surface area contributed by atoms with E-state index in [0.717, 1.165) is 11.4 Å². The maximum absolute atomic E-state index is 4.32. The zero-order valence-corrected chi connectivity index (χ0v) is 13.4. The van der Waals surface area contributed by atoms with Crippen LogP contribution < -0.4 is 0 Å². The Labute approximate surface area is 126 Å². The molecule has 1 aromatic carbocycles. The van der Waals surface area contributed by atoms with Crippen LogP contribution in [0.3, 0.4) is 0 Å². The molecular formula is C17H24N2S. The molecule has 1 heterocycles. The van der Waals surface area contributed by atoms with Crippen LogP contribution in [-0.4, -0.2) is 10.2 Å². The van der Waals surface area contributed by atoms with Crippen molar-refractivity contribution in [1.29, 1.82) is 0 Å². The summed E-state index contributed by atoms with van der Waals surface area (Å²) in [6, 6.07) is 8.52. The van der Waals surface area contributed by atoms with Gasteiger partial charge >= 0.3 is 0 Å². The molecule has 20 heavy (non-hydrogen) atoms. The van der Waals surface area contributed by atoms with Crippen molar-refractivity contribution in [2.24, 2.45) is 0 Å². The van der Waals surface area contributed by atoms with Gasteiger partial charge < -0.3 is 0 Å². The van der Waals surface area contributed by atoms with Crippen LogP contribution in [0.1, 0.15) is 56.0 Å². The van der Waals surface area contributed by atoms with Crippen molar-refractivity contribution < 1.29 is 0 Å². The maximum Gasteiger partial charge on any atom is 0.147 e. The number of aryl methyl sites for hydroxylation is 2. The third kappa shape index (κ3) is 4.71. The summed E-state index contributed by atoms with van der Waals surface area (Å²) in [6.45, 7) is 4.36. The fourth-order valence-electron chi connectivity index (χ4n) is 2.22. The van der Waals surface area contributed by atoms with Crippen molar-refractivity contribution in [3.05, 3.63) is 34.8 Å². The predicted molar refractivity (Wildman–Crippen MR) is 87.2 cm³/mol. The zero-order chi connectivity index (χ0) is 14.2. The van der Waals surface area contributed by atoms with Crippen molar-refractivity contribution in [2.45, 2.75) is 58.8 Å². The van der Waals surface area contributed by atoms with E-state index in [9.17, 15) is 0 Å². The normalized spacial score (nSPS) is 10.9. The Balaban J connectivity index is 1.79. The lowest BCUT2D eigenvalue weighted by Gasteiger charge is -1.98. The van der Waals surface area contributed by atoms with Crippen molar-refractivity contribution >= 4 is 11.3 Å². The van der Waals surface area contributed by atoms with Crippen LogP contribution in [-0.2, 0) is 6.42 Å². The first-order valence-electron chi connectivity index (χ1n) is 7.69. The van der Waals surface area contributed by atoms with Crippen molar-refractivity contribution in [1.82, 2.24) is 10.2 Å². The maximum atomic E-state index is 4.32. The van der Waals surface area contributed by atoms with Crippen LogP contribution in [0.15, 0.2) is 24.3 Å². The second-order valence-electron chi connectivity index (χ2n) is 5.38. The molecule has 0 aliphatic carbocycles. The number of hydrogen-bond donors (Lipinski definition) is 0. The highest BCUT2D eigenvalue weighted by molar-refractivity contribution is 7.14. The summed E-state index contributed by atoms with van der Waals surface area (Å²) >= 11 is 1.74. The molecule has 2 rings (SSSR count). The van der Waals surface area contributed by atoms with E-state index in [2.05, 4.69) is 48.3 Å². The summed E-state index contributed by atoms with van der Waals surface area (Å²) in [6.07, 6.45) is 9.06. The number of benzene rings is 1. The Kier molecular flexibility index (Phi) is 6.19. The van der Waals surface area contributed by atoms with Crippen LogP contribution in [0.5, 0.6) is 0 Å². The van der Waals surface area contributed by atoms with Gasteiger partial charge in [0, 0.05) is 12.0 Å². The monoisotopic (exact) mass is 288 g/mol. The van der Waals surface area contributed by atoms with E-state index in [-0.39, 0.29) is 0 Å². The van der Waals surface area contributed by atoms with E-state index in [4.69, 9.17) is 0 Å². The Morgan fingerprint density at radius 3 is 2.35 bits per heavy atom. The smallest absolute Gasteiger partial charge is 0.143 e. The molecule has 0 bridgehead atoms. The fourth-order valence-corrected chi connectivity index (χ4v) is 3.11. The predicted octanol–water partition coefficient (Wildman–Crippen LogP) is 5.42. The Bertz CT molecular complexity index is 502. The molecule has 0 saturated heterocycles. The number of nitrogens with zero attached hydrogens (tertiary/aromatic N) is 2. The molecule has 108 valence electrons. The topological polar surface area (TPSA) is 25.8 Å². The molecule has 0 amide bonds. The van der Waals surface area contributed by atoms with Gasteiger partial charge in [0.05, 0.1) is 0 Å². The highest BCUT2D eigenvalue weighted by Gasteiger charge is 2.06. The average molecular weight is 288 g/mol. The summed E-state index contributed by atoms with van der Waals surface area (Å²) in [5.74, 6) is 0. The van der Waals surface area contributed by atoms with E-state index in [0.29, 0.717) is 0 Å². The molecule has 0 saturated carbocycles. The van der Waals surface area contributed by atoms with Gasteiger partial charge in [-0.3, -0.25) is 0 Å². The molecule has 0 N–H and O–H groups in total. The standard InChI is InChI=1S/C17H24N2S/c1-3-4-5-6-7-8-9-16-18-19-17(20-16)15-12-10-14(2)11-13-15/h10-13H,3-9H2,1-2H3. The SMILES string of the molecule is CCCCCCCCc1nnc(-c2ccc(C)cc2)s1. The molecule has 1 aromatic heterocycles. The molecule has 0 fully saturated rings. The van der Waals surface area contributed by atoms with Crippen LogP contribution in [0.2, 0.25) is 0 Å². The molecule has 0 atom stereocenters. The summed E-state index contributed by atoms with van der Waals surface area (Å²) in [5.41, 5.74) is 2.47. The first-order valence-corrected chi connectivity index (χ1v) is 8.50. The van der Waals surface area contributed by atoms with Gasteiger partial charge in [-0.05, 0) is 13.3 Å². The first-order chi connectivity index (χ1) is 9.79. The average Bonchev–Trinajstić information content (AvgIpc) is 2.92. The molecule has 2 nitrogen and oxygen atoms in total. The van der Waals surface area contributed by atoms with Crippen LogP contribution in [0, 0.1) is 6.92 Å². The van der Waals surface area contributed by atoms with E-state index in [1.54, 1.807) is 11.3 Å². The fraction of sp³-hybridized carbons (Fsp3) is 0.529. The second kappa shape index (κ2) is 8.15. The largest absolute Gasteiger partial charge is 0.147 e. The van der Waals surface area contributed by atoms with Gasteiger partial charge in [0.1, 0.15) is 10.0 Å². The summed E-state index contributed by atoms with van der Waals surface area (Å²) < 4.78 is 0. The van der Waals surface area contributed by atoms with Crippen molar-refractivity contribution in [3.8, 4) is 10.6 Å². The molecule has 2 aromatic rings. The van der Waals surface area contributed by atoms with E-state index >= 15 is 0 Å². The lowest BCUT2D eigenvalue weighted by Crippen LogP contribution is -1.85. The Morgan fingerprint density at radius 1 is 0.900 bits per heavy atom. The molecule has 0 unspecified atom stereocenters. The molecule has 0 spiro atoms. The van der Waals surface area contributed by atoms with E-state index in [1.165, 1.54) is 54.7 Å². The van der Waals surface area contributed by atoms with Gasteiger partial charge in [-0.25, -0.2) is 0 Å². The Hall–Kier alpha value is -1.22. The lowest BCUT2D eigenvalue weighted by molar-refractivity contribution is 0.606. The molecule has 3 heteroatoms. The van der Waals surface area contributed by atoms with Gasteiger partial charge in [0.25, 0.3) is 0 Å². The zero-order valence-electron chi connectivity index (χ0n) is 12.6.